The number of carbonyl (C=O) groups excluding carboxylic acids is 1. The Morgan fingerprint density at radius 3 is 2.55 bits per heavy atom. The van der Waals surface area contributed by atoms with Crippen LogP contribution >= 0.6 is 11.6 Å². The third-order valence-electron chi connectivity index (χ3n) is 4.01. The molecular formula is C18H15ClN4O5S. The largest absolute Gasteiger partial charge is 0.328 e. The standard InChI is InChI=1S/C18H15ClN4O5S/c19-15-7-2-1-4-11(15)10-23-17(25)14(9-21-18(23)26)16(24)22-12-5-3-6-13(8-12)29(20,27)28/h1-9H,10H2,(H,21,26)(H,22,24)(H2,20,27,28). The van der Waals surface area contributed by atoms with E-state index in [0.29, 0.717) is 10.6 Å². The molecule has 1 amide bonds. The van der Waals surface area contributed by atoms with Crippen LogP contribution in [0, 0.1) is 0 Å². The van der Waals surface area contributed by atoms with Crippen LogP contribution in [0.25, 0.3) is 0 Å². The molecule has 9 nitrogen and oxygen atoms in total. The zero-order valence-electron chi connectivity index (χ0n) is 14.8. The molecular weight excluding hydrogens is 420 g/mol. The monoisotopic (exact) mass is 434 g/mol. The molecule has 0 aliphatic rings. The highest BCUT2D eigenvalue weighted by Crippen LogP contribution is 2.16. The number of halogens is 1. The topological polar surface area (TPSA) is 144 Å². The van der Waals surface area contributed by atoms with Crippen LogP contribution in [-0.4, -0.2) is 23.9 Å². The molecule has 1 heterocycles. The van der Waals surface area contributed by atoms with Gasteiger partial charge in [0.1, 0.15) is 5.56 Å². The van der Waals surface area contributed by atoms with E-state index in [2.05, 4.69) is 10.3 Å². The number of aromatic amines is 1. The van der Waals surface area contributed by atoms with Gasteiger partial charge in [-0.3, -0.25) is 14.2 Å². The maximum absolute atomic E-state index is 12.7. The average Bonchev–Trinajstić information content (AvgIpc) is 2.66. The minimum atomic E-state index is -3.96. The van der Waals surface area contributed by atoms with Crippen LogP contribution in [0.2, 0.25) is 5.02 Å². The number of anilines is 1. The Morgan fingerprint density at radius 2 is 1.86 bits per heavy atom. The number of carbonyl (C=O) groups is 1. The van der Waals surface area contributed by atoms with Crippen molar-refractivity contribution in [1.29, 1.82) is 0 Å². The van der Waals surface area contributed by atoms with Crippen molar-refractivity contribution >= 4 is 33.2 Å². The summed E-state index contributed by atoms with van der Waals surface area (Å²) in [6, 6.07) is 11.9. The second kappa shape index (κ2) is 8.03. The highest BCUT2D eigenvalue weighted by atomic mass is 35.5. The molecule has 0 aliphatic heterocycles. The summed E-state index contributed by atoms with van der Waals surface area (Å²) in [6.07, 6.45) is 0.993. The summed E-state index contributed by atoms with van der Waals surface area (Å²) in [6.45, 7) is -0.129. The number of nitrogens with zero attached hydrogens (tertiary/aromatic N) is 1. The van der Waals surface area contributed by atoms with E-state index in [-0.39, 0.29) is 22.7 Å². The Balaban J connectivity index is 1.94. The molecule has 3 rings (SSSR count). The Morgan fingerprint density at radius 1 is 1.14 bits per heavy atom. The van der Waals surface area contributed by atoms with Gasteiger partial charge < -0.3 is 10.3 Å². The lowest BCUT2D eigenvalue weighted by molar-refractivity contribution is 0.102. The van der Waals surface area contributed by atoms with Crippen LogP contribution < -0.4 is 21.7 Å². The summed E-state index contributed by atoms with van der Waals surface area (Å²) in [5, 5.41) is 7.85. The molecule has 0 fully saturated rings. The van der Waals surface area contributed by atoms with Crippen molar-refractivity contribution in [2.75, 3.05) is 5.32 Å². The molecule has 3 aromatic rings. The van der Waals surface area contributed by atoms with Crippen LogP contribution in [0.15, 0.2) is 69.2 Å². The van der Waals surface area contributed by atoms with Crippen molar-refractivity contribution < 1.29 is 13.2 Å². The summed E-state index contributed by atoms with van der Waals surface area (Å²) in [7, 11) is -3.96. The molecule has 0 saturated carbocycles. The molecule has 0 spiro atoms. The van der Waals surface area contributed by atoms with Gasteiger partial charge in [0.05, 0.1) is 11.4 Å². The van der Waals surface area contributed by atoms with Gasteiger partial charge in [0.2, 0.25) is 10.0 Å². The highest BCUT2D eigenvalue weighted by Gasteiger charge is 2.17. The van der Waals surface area contributed by atoms with Crippen molar-refractivity contribution in [1.82, 2.24) is 9.55 Å². The maximum atomic E-state index is 12.7. The Kier molecular flexibility index (Phi) is 5.69. The summed E-state index contributed by atoms with van der Waals surface area (Å²) in [5.41, 5.74) is -1.22. The fourth-order valence-electron chi connectivity index (χ4n) is 2.56. The Labute approximate surface area is 169 Å². The molecule has 0 unspecified atom stereocenters. The molecule has 1 aromatic heterocycles. The van der Waals surface area contributed by atoms with E-state index in [1.54, 1.807) is 24.3 Å². The van der Waals surface area contributed by atoms with Gasteiger partial charge >= 0.3 is 5.69 Å². The van der Waals surface area contributed by atoms with E-state index in [4.69, 9.17) is 16.7 Å². The number of aromatic nitrogens is 2. The van der Waals surface area contributed by atoms with Crippen molar-refractivity contribution in [2.45, 2.75) is 11.4 Å². The summed E-state index contributed by atoms with van der Waals surface area (Å²) >= 11 is 6.07. The normalized spacial score (nSPS) is 11.2. The van der Waals surface area contributed by atoms with E-state index < -0.39 is 27.2 Å². The minimum Gasteiger partial charge on any atom is -0.322 e. The lowest BCUT2D eigenvalue weighted by Gasteiger charge is -2.09. The third-order valence-corrected chi connectivity index (χ3v) is 5.29. The fraction of sp³-hybridized carbons (Fsp3) is 0.0556. The van der Waals surface area contributed by atoms with E-state index in [9.17, 15) is 22.8 Å². The molecule has 11 heteroatoms. The van der Waals surface area contributed by atoms with Gasteiger partial charge in [0.15, 0.2) is 0 Å². The van der Waals surface area contributed by atoms with Crippen LogP contribution in [-0.2, 0) is 16.6 Å². The molecule has 4 N–H and O–H groups in total. The second-order valence-corrected chi connectivity index (χ2v) is 7.99. The first-order valence-electron chi connectivity index (χ1n) is 8.17. The second-order valence-electron chi connectivity index (χ2n) is 6.02. The molecule has 0 atom stereocenters. The van der Waals surface area contributed by atoms with Crippen molar-refractivity contribution in [3.8, 4) is 0 Å². The Hall–Kier alpha value is -3.21. The van der Waals surface area contributed by atoms with E-state index >= 15 is 0 Å². The first kappa shape index (κ1) is 20.5. The number of nitrogens with two attached hydrogens (primary N) is 1. The smallest absolute Gasteiger partial charge is 0.322 e. The predicted molar refractivity (Wildman–Crippen MR) is 108 cm³/mol. The van der Waals surface area contributed by atoms with Crippen LogP contribution in [0.1, 0.15) is 15.9 Å². The number of hydrogen-bond donors (Lipinski definition) is 3. The summed E-state index contributed by atoms with van der Waals surface area (Å²) in [4.78, 5) is 39.4. The molecule has 2 aromatic carbocycles. The van der Waals surface area contributed by atoms with Crippen molar-refractivity contribution in [2.24, 2.45) is 5.14 Å². The van der Waals surface area contributed by atoms with E-state index in [0.717, 1.165) is 16.8 Å². The quantitative estimate of drug-likeness (QED) is 0.551. The minimum absolute atomic E-state index is 0.116. The van der Waals surface area contributed by atoms with Crippen molar-refractivity contribution in [3.05, 3.63) is 91.7 Å². The molecule has 150 valence electrons. The number of nitrogens with one attached hydrogen (secondary N) is 2. The Bertz CT molecular complexity index is 1310. The lowest BCUT2D eigenvalue weighted by atomic mass is 10.2. The van der Waals surface area contributed by atoms with E-state index in [1.807, 2.05) is 0 Å². The summed E-state index contributed by atoms with van der Waals surface area (Å²) in [5.74, 6) is -0.828. The molecule has 0 bridgehead atoms. The SMILES string of the molecule is NS(=O)(=O)c1cccc(NC(=O)c2c[nH]c(=O)n(Cc3ccccc3Cl)c2=O)c1. The maximum Gasteiger partial charge on any atom is 0.328 e. The summed E-state index contributed by atoms with van der Waals surface area (Å²) < 4.78 is 23.7. The van der Waals surface area contributed by atoms with Crippen molar-refractivity contribution in [3.63, 3.8) is 0 Å². The van der Waals surface area contributed by atoms with Gasteiger partial charge in [-0.2, -0.15) is 0 Å². The number of sulfonamides is 1. The fourth-order valence-corrected chi connectivity index (χ4v) is 3.32. The van der Waals surface area contributed by atoms with Gasteiger partial charge in [0, 0.05) is 16.9 Å². The number of benzene rings is 2. The van der Waals surface area contributed by atoms with Crippen LogP contribution in [0.5, 0.6) is 0 Å². The average molecular weight is 435 g/mol. The van der Waals surface area contributed by atoms with Gasteiger partial charge in [-0.25, -0.2) is 18.4 Å². The van der Waals surface area contributed by atoms with Gasteiger partial charge in [-0.1, -0.05) is 35.9 Å². The van der Waals surface area contributed by atoms with Gasteiger partial charge in [-0.05, 0) is 29.8 Å². The highest BCUT2D eigenvalue weighted by molar-refractivity contribution is 7.89. The van der Waals surface area contributed by atoms with Gasteiger partial charge in [-0.15, -0.1) is 0 Å². The number of rotatable bonds is 5. The zero-order chi connectivity index (χ0) is 21.2. The molecule has 0 radical (unpaired) electrons. The number of amides is 1. The first-order chi connectivity index (χ1) is 13.7. The number of primary sulfonamides is 1. The molecule has 0 aliphatic carbocycles. The van der Waals surface area contributed by atoms with Gasteiger partial charge in [0.25, 0.3) is 11.5 Å². The van der Waals surface area contributed by atoms with E-state index in [1.165, 1.54) is 18.2 Å². The third kappa shape index (κ3) is 4.62. The predicted octanol–water partition coefficient (Wildman–Crippen LogP) is 1.14. The number of hydrogen-bond acceptors (Lipinski definition) is 5. The van der Waals surface area contributed by atoms with Crippen LogP contribution in [0.3, 0.4) is 0 Å². The number of H-pyrrole nitrogens is 1. The first-order valence-corrected chi connectivity index (χ1v) is 10.1. The zero-order valence-corrected chi connectivity index (χ0v) is 16.3. The lowest BCUT2D eigenvalue weighted by Crippen LogP contribution is -2.39. The molecule has 0 saturated heterocycles. The molecule has 29 heavy (non-hydrogen) atoms. The van der Waals surface area contributed by atoms with Crippen LogP contribution in [0.4, 0.5) is 5.69 Å².